The summed E-state index contributed by atoms with van der Waals surface area (Å²) < 4.78 is 17.9. The average Bonchev–Trinajstić information content (AvgIpc) is 2.92. The smallest absolute Gasteiger partial charge is 0.144 e. The summed E-state index contributed by atoms with van der Waals surface area (Å²) in [6.45, 7) is 5.18. The minimum Gasteiger partial charge on any atom is -0.378 e. The third-order valence-corrected chi connectivity index (χ3v) is 2.56. The van der Waals surface area contributed by atoms with E-state index in [9.17, 15) is 0 Å². The fraction of sp³-hybridized carbons (Fsp3) is 0.833. The Balaban J connectivity index is 1.85. The van der Waals surface area contributed by atoms with Gasteiger partial charge in [0.2, 0.25) is 0 Å². The van der Waals surface area contributed by atoms with E-state index in [1.165, 1.54) is 0 Å². The molecule has 0 radical (unpaired) electrons. The Morgan fingerprint density at radius 1 is 1.00 bits per heavy atom. The van der Waals surface area contributed by atoms with Crippen molar-refractivity contribution in [1.82, 2.24) is 20.3 Å². The predicted molar refractivity (Wildman–Crippen MR) is 76.0 cm³/mol. The molecule has 0 unspecified atom stereocenters. The Kier molecular flexibility index (Phi) is 9.76. The fourth-order valence-electron chi connectivity index (χ4n) is 1.48. The molecule has 0 atom stereocenters. The highest BCUT2D eigenvalue weighted by Crippen LogP contribution is 2.01. The molecule has 1 heterocycles. The van der Waals surface area contributed by atoms with Gasteiger partial charge in [0.1, 0.15) is 5.82 Å². The minimum absolute atomic E-state index is 0.570. The normalized spacial score (nSPS) is 10.9. The van der Waals surface area contributed by atoms with Crippen molar-refractivity contribution in [1.29, 1.82) is 0 Å². The number of hydrogen-bond donors (Lipinski definition) is 2. The van der Waals surface area contributed by atoms with E-state index in [2.05, 4.69) is 20.9 Å². The van der Waals surface area contributed by atoms with Gasteiger partial charge in [0, 0.05) is 13.6 Å². The molecule has 0 aliphatic carbocycles. The zero-order chi connectivity index (χ0) is 14.5. The van der Waals surface area contributed by atoms with Crippen molar-refractivity contribution in [3.05, 3.63) is 6.20 Å². The molecule has 0 saturated heterocycles. The molecule has 8 heteroatoms. The number of rotatable bonds is 13. The molecular weight excluding hydrogens is 262 g/mol. The molecule has 1 aromatic heterocycles. The van der Waals surface area contributed by atoms with Gasteiger partial charge < -0.3 is 24.8 Å². The van der Waals surface area contributed by atoms with Crippen LogP contribution in [0.1, 0.15) is 0 Å². The van der Waals surface area contributed by atoms with Gasteiger partial charge in [-0.25, -0.2) is 4.68 Å². The van der Waals surface area contributed by atoms with Crippen molar-refractivity contribution in [2.75, 3.05) is 65.6 Å². The monoisotopic (exact) mass is 287 g/mol. The van der Waals surface area contributed by atoms with E-state index in [4.69, 9.17) is 14.2 Å². The summed E-state index contributed by atoms with van der Waals surface area (Å²) in [6, 6.07) is 0. The summed E-state index contributed by atoms with van der Waals surface area (Å²) in [6.07, 6.45) is 1.68. The summed E-state index contributed by atoms with van der Waals surface area (Å²) in [7, 11) is 3.73. The van der Waals surface area contributed by atoms with Crippen LogP contribution in [-0.2, 0) is 20.8 Å². The Bertz CT molecular complexity index is 335. The zero-order valence-corrected chi connectivity index (χ0v) is 12.3. The summed E-state index contributed by atoms with van der Waals surface area (Å²) >= 11 is 0. The van der Waals surface area contributed by atoms with E-state index in [0.29, 0.717) is 46.2 Å². The molecule has 8 nitrogen and oxygen atoms in total. The van der Waals surface area contributed by atoms with Crippen molar-refractivity contribution >= 4 is 5.82 Å². The number of ether oxygens (including phenoxy) is 3. The summed E-state index contributed by atoms with van der Waals surface area (Å²) in [5.74, 6) is 0.878. The van der Waals surface area contributed by atoms with Crippen LogP contribution in [-0.4, -0.2) is 75.3 Å². The lowest BCUT2D eigenvalue weighted by molar-refractivity contribution is 0.0135. The van der Waals surface area contributed by atoms with Crippen LogP contribution in [0.15, 0.2) is 6.20 Å². The molecule has 0 saturated carbocycles. The second-order valence-electron chi connectivity index (χ2n) is 4.03. The molecule has 0 spiro atoms. The fourth-order valence-corrected chi connectivity index (χ4v) is 1.48. The van der Waals surface area contributed by atoms with Gasteiger partial charge >= 0.3 is 0 Å². The first kappa shape index (κ1) is 16.8. The molecule has 0 aliphatic rings. The summed E-state index contributed by atoms with van der Waals surface area (Å²) in [4.78, 5) is 0. The van der Waals surface area contributed by atoms with E-state index >= 15 is 0 Å². The molecule has 0 aliphatic heterocycles. The highest BCUT2D eigenvalue weighted by Gasteiger charge is 2.00. The maximum absolute atomic E-state index is 5.46. The molecule has 0 aromatic carbocycles. The second kappa shape index (κ2) is 11.6. The lowest BCUT2D eigenvalue weighted by Gasteiger charge is -2.08. The van der Waals surface area contributed by atoms with Crippen molar-refractivity contribution in [2.24, 2.45) is 0 Å². The Morgan fingerprint density at radius 3 is 2.30 bits per heavy atom. The van der Waals surface area contributed by atoms with Gasteiger partial charge in [-0.15, -0.1) is 5.10 Å². The molecular formula is C12H25N5O3. The van der Waals surface area contributed by atoms with Crippen LogP contribution in [0.5, 0.6) is 0 Å². The molecule has 1 rings (SSSR count). The third kappa shape index (κ3) is 7.39. The van der Waals surface area contributed by atoms with Crippen molar-refractivity contribution in [3.8, 4) is 0 Å². The van der Waals surface area contributed by atoms with Gasteiger partial charge in [0.05, 0.1) is 52.4 Å². The van der Waals surface area contributed by atoms with E-state index in [1.807, 2.05) is 14.1 Å². The topological polar surface area (TPSA) is 82.5 Å². The Labute approximate surface area is 119 Å². The first-order valence-electron chi connectivity index (χ1n) is 6.82. The lowest BCUT2D eigenvalue weighted by Crippen LogP contribution is -2.17. The maximum Gasteiger partial charge on any atom is 0.144 e. The number of hydrogen-bond acceptors (Lipinski definition) is 7. The maximum atomic E-state index is 5.46. The number of anilines is 1. The van der Waals surface area contributed by atoms with E-state index in [-0.39, 0.29) is 0 Å². The van der Waals surface area contributed by atoms with Crippen molar-refractivity contribution in [3.63, 3.8) is 0 Å². The third-order valence-electron chi connectivity index (χ3n) is 2.56. The van der Waals surface area contributed by atoms with Crippen LogP contribution in [0, 0.1) is 0 Å². The van der Waals surface area contributed by atoms with Crippen molar-refractivity contribution in [2.45, 2.75) is 6.54 Å². The molecule has 0 amide bonds. The highest BCUT2D eigenvalue weighted by molar-refractivity contribution is 5.29. The van der Waals surface area contributed by atoms with E-state index in [0.717, 1.165) is 12.4 Å². The van der Waals surface area contributed by atoms with Gasteiger partial charge in [0.15, 0.2) is 0 Å². The number of likely N-dealkylation sites (N-methyl/N-ethyl adjacent to an activating group) is 1. The molecule has 1 aromatic rings. The second-order valence-corrected chi connectivity index (χ2v) is 4.03. The van der Waals surface area contributed by atoms with Crippen LogP contribution in [0.3, 0.4) is 0 Å². The number of aromatic nitrogens is 3. The van der Waals surface area contributed by atoms with Crippen molar-refractivity contribution < 1.29 is 14.2 Å². The molecule has 2 N–H and O–H groups in total. The molecule has 116 valence electrons. The summed E-state index contributed by atoms with van der Waals surface area (Å²) in [5.41, 5.74) is 0. The van der Waals surface area contributed by atoms with Gasteiger partial charge in [-0.05, 0) is 7.05 Å². The molecule has 0 bridgehead atoms. The number of nitrogens with zero attached hydrogens (tertiary/aromatic N) is 3. The largest absolute Gasteiger partial charge is 0.378 e. The highest BCUT2D eigenvalue weighted by atomic mass is 16.5. The zero-order valence-electron chi connectivity index (χ0n) is 12.3. The first-order chi connectivity index (χ1) is 9.88. The Hall–Kier alpha value is -1.22. The number of nitrogens with one attached hydrogen (secondary N) is 2. The van der Waals surface area contributed by atoms with Crippen LogP contribution in [0.25, 0.3) is 0 Å². The van der Waals surface area contributed by atoms with E-state index < -0.39 is 0 Å². The Morgan fingerprint density at radius 2 is 1.65 bits per heavy atom. The predicted octanol–water partition coefficient (Wildman–Crippen LogP) is -0.411. The minimum atomic E-state index is 0.570. The first-order valence-corrected chi connectivity index (χ1v) is 6.82. The average molecular weight is 287 g/mol. The quantitative estimate of drug-likeness (QED) is 0.477. The molecule has 0 fully saturated rings. The van der Waals surface area contributed by atoms with Crippen LogP contribution >= 0.6 is 0 Å². The lowest BCUT2D eigenvalue weighted by atomic mass is 10.6. The SMILES string of the molecule is CNCCOCCOCCOCCn1nncc1NC. The van der Waals surface area contributed by atoms with Gasteiger partial charge in [0.25, 0.3) is 0 Å². The van der Waals surface area contributed by atoms with Crippen LogP contribution in [0.2, 0.25) is 0 Å². The van der Waals surface area contributed by atoms with E-state index in [1.54, 1.807) is 10.9 Å². The van der Waals surface area contributed by atoms with Gasteiger partial charge in [-0.3, -0.25) is 0 Å². The van der Waals surface area contributed by atoms with Crippen LogP contribution < -0.4 is 10.6 Å². The molecule has 20 heavy (non-hydrogen) atoms. The standard InChI is InChI=1S/C12H25N5O3/c1-13-3-5-18-7-9-20-10-8-19-6-4-17-12(14-2)11-15-16-17/h11,13-14H,3-10H2,1-2H3. The summed E-state index contributed by atoms with van der Waals surface area (Å²) in [5, 5.41) is 13.8. The van der Waals surface area contributed by atoms with Crippen LogP contribution in [0.4, 0.5) is 5.82 Å². The van der Waals surface area contributed by atoms with Gasteiger partial charge in [-0.1, -0.05) is 5.21 Å². The van der Waals surface area contributed by atoms with Gasteiger partial charge in [-0.2, -0.15) is 0 Å².